The fourth-order valence-electron chi connectivity index (χ4n) is 5.50. The van der Waals surface area contributed by atoms with Crippen LogP contribution >= 0.6 is 43.2 Å². The fraction of sp³-hybridized carbons (Fsp3) is 0.400. The van der Waals surface area contributed by atoms with Crippen molar-refractivity contribution in [2.45, 2.75) is 51.0 Å². The summed E-state index contributed by atoms with van der Waals surface area (Å²) in [4.78, 5) is 32.1. The van der Waals surface area contributed by atoms with Crippen LogP contribution in [-0.2, 0) is 9.53 Å². The Kier molecular flexibility index (Phi) is 5.90. The number of esters is 1. The number of carbonyl (C=O) groups excluding carboxylic acids is 2. The smallest absolute Gasteiger partial charge is 0.311 e. The fourth-order valence-corrected chi connectivity index (χ4v) is 7.30. The maximum Gasteiger partial charge on any atom is 0.311 e. The molecule has 3 aliphatic carbocycles. The Labute approximate surface area is 213 Å². The summed E-state index contributed by atoms with van der Waals surface area (Å²) in [6.07, 6.45) is 4.67. The number of fused-ring (bicyclic) bond motifs is 4. The molecule has 2 heterocycles. The largest absolute Gasteiger partial charge is 0.469 e. The number of carbonyl (C=O) groups is 2. The third kappa shape index (κ3) is 3.94. The minimum atomic E-state index is -0.370. The molecule has 1 amide bonds. The van der Waals surface area contributed by atoms with Gasteiger partial charge in [-0.3, -0.25) is 9.59 Å². The number of pyridine rings is 1. The van der Waals surface area contributed by atoms with Gasteiger partial charge in [-0.2, -0.15) is 0 Å². The Morgan fingerprint density at radius 2 is 1.76 bits per heavy atom. The second-order valence-electron chi connectivity index (χ2n) is 9.23. The van der Waals surface area contributed by atoms with Gasteiger partial charge in [0.15, 0.2) is 0 Å². The van der Waals surface area contributed by atoms with Crippen LogP contribution < -0.4 is 5.32 Å². The van der Waals surface area contributed by atoms with Gasteiger partial charge in [0.2, 0.25) is 0 Å². The van der Waals surface area contributed by atoms with Crippen LogP contribution in [0.2, 0.25) is 0 Å². The number of benzene rings is 1. The molecule has 3 aromatic rings. The van der Waals surface area contributed by atoms with Crippen molar-refractivity contribution in [2.75, 3.05) is 7.11 Å². The molecule has 8 heteroatoms. The molecular formula is C25H24Br2N2O3S. The van der Waals surface area contributed by atoms with E-state index >= 15 is 0 Å². The van der Waals surface area contributed by atoms with Gasteiger partial charge in [0.05, 0.1) is 38.0 Å². The maximum absolute atomic E-state index is 13.8. The zero-order chi connectivity index (χ0) is 23.4. The minimum absolute atomic E-state index is 0.0673. The average Bonchev–Trinajstić information content (AvgIpc) is 3.25. The molecule has 172 valence electrons. The van der Waals surface area contributed by atoms with E-state index in [4.69, 9.17) is 9.72 Å². The Morgan fingerprint density at radius 1 is 1.06 bits per heavy atom. The van der Waals surface area contributed by atoms with Gasteiger partial charge in [-0.25, -0.2) is 4.98 Å². The van der Waals surface area contributed by atoms with E-state index in [1.54, 1.807) is 11.3 Å². The normalized spacial score (nSPS) is 24.1. The number of amides is 1. The highest BCUT2D eigenvalue weighted by molar-refractivity contribution is 9.11. The van der Waals surface area contributed by atoms with Crippen molar-refractivity contribution in [2.24, 2.45) is 5.41 Å². The second kappa shape index (κ2) is 8.47. The summed E-state index contributed by atoms with van der Waals surface area (Å²) in [7, 11) is 1.47. The van der Waals surface area contributed by atoms with Crippen LogP contribution in [0.15, 0.2) is 38.6 Å². The van der Waals surface area contributed by atoms with Gasteiger partial charge in [0, 0.05) is 15.4 Å². The lowest BCUT2D eigenvalue weighted by Crippen LogP contribution is -2.58. The lowest BCUT2D eigenvalue weighted by molar-refractivity contribution is -0.160. The van der Waals surface area contributed by atoms with Gasteiger partial charge in [-0.1, -0.05) is 15.9 Å². The van der Waals surface area contributed by atoms with Gasteiger partial charge in [-0.05, 0) is 97.3 Å². The molecule has 3 fully saturated rings. The maximum atomic E-state index is 13.8. The van der Waals surface area contributed by atoms with E-state index in [-0.39, 0.29) is 22.8 Å². The zero-order valence-electron chi connectivity index (χ0n) is 18.5. The number of hydrogen-bond donors (Lipinski definition) is 1. The summed E-state index contributed by atoms with van der Waals surface area (Å²) >= 11 is 8.70. The van der Waals surface area contributed by atoms with Crippen LogP contribution in [0.25, 0.3) is 21.5 Å². The van der Waals surface area contributed by atoms with Crippen molar-refractivity contribution < 1.29 is 14.3 Å². The molecule has 3 aliphatic rings. The van der Waals surface area contributed by atoms with Crippen LogP contribution in [-0.4, -0.2) is 29.5 Å². The van der Waals surface area contributed by atoms with Crippen LogP contribution in [0.1, 0.15) is 54.4 Å². The molecule has 0 aliphatic heterocycles. The molecule has 5 nitrogen and oxygen atoms in total. The van der Waals surface area contributed by atoms with Gasteiger partial charge in [-0.15, -0.1) is 11.3 Å². The molecule has 0 spiro atoms. The Bertz CT molecular complexity index is 1260. The third-order valence-electron chi connectivity index (χ3n) is 7.47. The highest BCUT2D eigenvalue weighted by atomic mass is 79.9. The number of hydrogen-bond acceptors (Lipinski definition) is 5. The van der Waals surface area contributed by atoms with Crippen molar-refractivity contribution in [3.05, 3.63) is 49.7 Å². The first-order valence-corrected chi connectivity index (χ1v) is 13.4. The lowest BCUT2D eigenvalue weighted by atomic mass is 9.57. The van der Waals surface area contributed by atoms with Crippen LogP contribution in [0.3, 0.4) is 0 Å². The van der Waals surface area contributed by atoms with Crippen LogP contribution in [0.4, 0.5) is 0 Å². The monoisotopic (exact) mass is 590 g/mol. The van der Waals surface area contributed by atoms with E-state index in [1.807, 2.05) is 37.3 Å². The Balaban J connectivity index is 1.53. The number of halogens is 2. The van der Waals surface area contributed by atoms with Crippen LogP contribution in [0.5, 0.6) is 0 Å². The van der Waals surface area contributed by atoms with Crippen molar-refractivity contribution >= 4 is 66.0 Å². The topological polar surface area (TPSA) is 68.3 Å². The number of methoxy groups -OCH3 is 1. The number of rotatable bonds is 4. The number of ether oxygens (including phenoxy) is 1. The standard InChI is InChI=1S/C25H24Br2N2O3S/c1-14-20(22(30)29-25-10-7-24(8-11-25,9-12-25)23(31)32-2)16-13-15(26)3-4-17(16)28-21(14)18-5-6-19(27)33-18/h3-6,13H,7-12H2,1-2H3,(H,29,30). The lowest BCUT2D eigenvalue weighted by Gasteiger charge is -2.52. The molecule has 2 bridgehead atoms. The molecule has 0 radical (unpaired) electrons. The Morgan fingerprint density at radius 3 is 2.36 bits per heavy atom. The highest BCUT2D eigenvalue weighted by Crippen LogP contribution is 2.53. The molecule has 2 aromatic heterocycles. The van der Waals surface area contributed by atoms with Crippen molar-refractivity contribution in [3.8, 4) is 10.6 Å². The number of nitrogens with zero attached hydrogens (tertiary/aromatic N) is 1. The van der Waals surface area contributed by atoms with Crippen molar-refractivity contribution in [1.29, 1.82) is 0 Å². The molecule has 6 rings (SSSR count). The summed E-state index contributed by atoms with van der Waals surface area (Å²) < 4.78 is 7.02. The van der Waals surface area contributed by atoms with E-state index < -0.39 is 0 Å². The average molecular weight is 592 g/mol. The first-order valence-electron chi connectivity index (χ1n) is 11.0. The molecular weight excluding hydrogens is 568 g/mol. The summed E-state index contributed by atoms with van der Waals surface area (Å²) in [5.74, 6) is -0.169. The molecule has 1 N–H and O–H groups in total. The first-order chi connectivity index (χ1) is 15.8. The number of thiophene rings is 1. The van der Waals surface area contributed by atoms with Gasteiger partial charge < -0.3 is 10.1 Å². The summed E-state index contributed by atoms with van der Waals surface area (Å²) in [6, 6.07) is 9.91. The van der Waals surface area contributed by atoms with E-state index in [0.717, 1.165) is 73.8 Å². The highest BCUT2D eigenvalue weighted by Gasteiger charge is 2.53. The molecule has 0 unspecified atom stereocenters. The predicted octanol–water partition coefficient (Wildman–Crippen LogP) is 6.79. The zero-order valence-corrected chi connectivity index (χ0v) is 22.5. The van der Waals surface area contributed by atoms with E-state index in [1.165, 1.54) is 7.11 Å². The van der Waals surface area contributed by atoms with E-state index in [2.05, 4.69) is 37.2 Å². The molecule has 3 saturated carbocycles. The SMILES string of the molecule is COC(=O)C12CCC(NC(=O)c3c(C)c(-c4ccc(Br)s4)nc4ccc(Br)cc34)(CC1)CC2. The molecule has 0 atom stereocenters. The predicted molar refractivity (Wildman–Crippen MR) is 138 cm³/mol. The quantitative estimate of drug-likeness (QED) is 0.339. The molecule has 1 aromatic carbocycles. The third-order valence-corrected chi connectivity index (χ3v) is 9.59. The summed E-state index contributed by atoms with van der Waals surface area (Å²) in [5.41, 5.74) is 2.53. The number of aromatic nitrogens is 1. The summed E-state index contributed by atoms with van der Waals surface area (Å²) in [6.45, 7) is 1.98. The van der Waals surface area contributed by atoms with Crippen molar-refractivity contribution in [3.63, 3.8) is 0 Å². The molecule has 33 heavy (non-hydrogen) atoms. The summed E-state index contributed by atoms with van der Waals surface area (Å²) in [5, 5.41) is 4.25. The van der Waals surface area contributed by atoms with Gasteiger partial charge in [0.1, 0.15) is 0 Å². The second-order valence-corrected chi connectivity index (χ2v) is 12.6. The Hall–Kier alpha value is -1.77. The molecule has 0 saturated heterocycles. The first kappa shape index (κ1) is 23.0. The van der Waals surface area contributed by atoms with Crippen molar-refractivity contribution in [1.82, 2.24) is 10.3 Å². The van der Waals surface area contributed by atoms with E-state index in [9.17, 15) is 9.59 Å². The number of nitrogens with one attached hydrogen (secondary N) is 1. The van der Waals surface area contributed by atoms with E-state index in [0.29, 0.717) is 5.56 Å². The minimum Gasteiger partial charge on any atom is -0.469 e. The van der Waals surface area contributed by atoms with Gasteiger partial charge >= 0.3 is 5.97 Å². The van der Waals surface area contributed by atoms with Crippen LogP contribution in [0, 0.1) is 12.3 Å². The van der Waals surface area contributed by atoms with Gasteiger partial charge in [0.25, 0.3) is 5.91 Å².